The topological polar surface area (TPSA) is 87.7 Å². The molecular formula is C13H16N2O4. The normalized spacial score (nSPS) is 18.0. The number of rotatable bonds is 5. The predicted octanol–water partition coefficient (Wildman–Crippen LogP) is 0.840. The van der Waals surface area contributed by atoms with Crippen molar-refractivity contribution in [3.8, 4) is 5.75 Å². The molecule has 0 spiro atoms. The number of benzene rings is 1. The lowest BCUT2D eigenvalue weighted by Crippen LogP contribution is -2.35. The van der Waals surface area contributed by atoms with Crippen molar-refractivity contribution < 1.29 is 19.4 Å². The fraction of sp³-hybridized carbons (Fsp3) is 0.385. The van der Waals surface area contributed by atoms with Gasteiger partial charge in [0.25, 0.3) is 0 Å². The third-order valence-electron chi connectivity index (χ3n) is 2.87. The zero-order chi connectivity index (χ0) is 13.7. The van der Waals surface area contributed by atoms with Crippen molar-refractivity contribution in [3.63, 3.8) is 0 Å². The molecule has 1 amide bonds. The summed E-state index contributed by atoms with van der Waals surface area (Å²) in [5, 5.41) is 14.5. The van der Waals surface area contributed by atoms with Crippen LogP contribution in [0.4, 0.5) is 5.69 Å². The van der Waals surface area contributed by atoms with Gasteiger partial charge < -0.3 is 20.5 Å². The first-order valence-corrected chi connectivity index (χ1v) is 6.14. The number of carbonyl (C=O) groups is 2. The quantitative estimate of drug-likeness (QED) is 0.733. The molecule has 1 heterocycles. The lowest BCUT2D eigenvalue weighted by molar-refractivity contribution is -0.139. The first-order chi connectivity index (χ1) is 9.16. The Morgan fingerprint density at radius 1 is 1.42 bits per heavy atom. The van der Waals surface area contributed by atoms with E-state index in [0.29, 0.717) is 11.4 Å². The summed E-state index contributed by atoms with van der Waals surface area (Å²) in [6, 6.07) is 6.60. The maximum Gasteiger partial charge on any atom is 0.341 e. The molecule has 0 aliphatic carbocycles. The number of carbonyl (C=O) groups excluding carboxylic acids is 1. The van der Waals surface area contributed by atoms with Gasteiger partial charge in [-0.2, -0.15) is 0 Å². The van der Waals surface area contributed by atoms with E-state index in [4.69, 9.17) is 9.84 Å². The number of hydrogen-bond acceptors (Lipinski definition) is 4. The van der Waals surface area contributed by atoms with Crippen molar-refractivity contribution in [2.45, 2.75) is 18.9 Å². The third kappa shape index (κ3) is 3.69. The zero-order valence-electron chi connectivity index (χ0n) is 10.4. The van der Waals surface area contributed by atoms with Crippen molar-refractivity contribution in [3.05, 3.63) is 24.3 Å². The maximum atomic E-state index is 12.0. The van der Waals surface area contributed by atoms with Crippen LogP contribution in [0.15, 0.2) is 24.3 Å². The molecule has 0 saturated carbocycles. The molecule has 1 atom stereocenters. The zero-order valence-corrected chi connectivity index (χ0v) is 10.4. The smallest absolute Gasteiger partial charge is 0.341 e. The van der Waals surface area contributed by atoms with Gasteiger partial charge in [-0.3, -0.25) is 4.79 Å². The highest BCUT2D eigenvalue weighted by molar-refractivity contribution is 5.96. The van der Waals surface area contributed by atoms with Gasteiger partial charge in [-0.05, 0) is 31.5 Å². The summed E-state index contributed by atoms with van der Waals surface area (Å²) in [4.78, 5) is 22.5. The van der Waals surface area contributed by atoms with E-state index < -0.39 is 12.6 Å². The molecule has 1 aromatic carbocycles. The molecule has 1 unspecified atom stereocenters. The molecule has 0 bridgehead atoms. The van der Waals surface area contributed by atoms with Crippen molar-refractivity contribution >= 4 is 17.6 Å². The van der Waals surface area contributed by atoms with Crippen molar-refractivity contribution in [2.75, 3.05) is 18.5 Å². The number of para-hydroxylation sites is 2. The maximum absolute atomic E-state index is 12.0. The highest BCUT2D eigenvalue weighted by atomic mass is 16.5. The van der Waals surface area contributed by atoms with E-state index in [1.54, 1.807) is 24.3 Å². The largest absolute Gasteiger partial charge is 0.480 e. The number of nitrogens with one attached hydrogen (secondary N) is 2. The fourth-order valence-electron chi connectivity index (χ4n) is 1.96. The minimum absolute atomic E-state index is 0.121. The minimum Gasteiger partial charge on any atom is -0.480 e. The lowest BCUT2D eigenvalue weighted by atomic mass is 10.2. The SMILES string of the molecule is O=C(O)COc1ccccc1NC(=O)C1CCCN1. The third-order valence-corrected chi connectivity index (χ3v) is 2.87. The Balaban J connectivity index is 2.02. The summed E-state index contributed by atoms with van der Waals surface area (Å²) >= 11 is 0. The number of ether oxygens (including phenoxy) is 1. The lowest BCUT2D eigenvalue weighted by Gasteiger charge is -2.14. The van der Waals surface area contributed by atoms with Crippen LogP contribution in [0.25, 0.3) is 0 Å². The molecule has 0 radical (unpaired) electrons. The van der Waals surface area contributed by atoms with Gasteiger partial charge in [-0.25, -0.2) is 4.79 Å². The first-order valence-electron chi connectivity index (χ1n) is 6.14. The molecule has 102 valence electrons. The molecule has 1 aliphatic heterocycles. The number of hydrogen-bond donors (Lipinski definition) is 3. The summed E-state index contributed by atoms with van der Waals surface area (Å²) in [5.74, 6) is -0.821. The van der Waals surface area contributed by atoms with Gasteiger partial charge in [0.2, 0.25) is 5.91 Å². The number of carboxylic acid groups (broad SMARTS) is 1. The van der Waals surface area contributed by atoms with Gasteiger partial charge >= 0.3 is 5.97 Å². The van der Waals surface area contributed by atoms with Gasteiger partial charge in [-0.1, -0.05) is 12.1 Å². The second-order valence-corrected chi connectivity index (χ2v) is 4.32. The summed E-state index contributed by atoms with van der Waals surface area (Å²) in [7, 11) is 0. The minimum atomic E-state index is -1.06. The van der Waals surface area contributed by atoms with E-state index in [-0.39, 0.29) is 11.9 Å². The second kappa shape index (κ2) is 6.19. The fourth-order valence-corrected chi connectivity index (χ4v) is 1.96. The number of anilines is 1. The Bertz CT molecular complexity index is 469. The molecule has 1 aliphatic rings. The van der Waals surface area contributed by atoms with E-state index in [0.717, 1.165) is 19.4 Å². The molecule has 1 saturated heterocycles. The van der Waals surface area contributed by atoms with Crippen LogP contribution in [-0.2, 0) is 9.59 Å². The van der Waals surface area contributed by atoms with Crippen molar-refractivity contribution in [2.24, 2.45) is 0 Å². The molecule has 1 aromatic rings. The molecule has 19 heavy (non-hydrogen) atoms. The van der Waals surface area contributed by atoms with Crippen LogP contribution < -0.4 is 15.4 Å². The standard InChI is InChI=1S/C13H16N2O4/c16-12(17)8-19-11-6-2-1-4-9(11)15-13(18)10-5-3-7-14-10/h1-2,4,6,10,14H,3,5,7-8H2,(H,15,18)(H,16,17). The second-order valence-electron chi connectivity index (χ2n) is 4.32. The monoisotopic (exact) mass is 264 g/mol. The van der Waals surface area contributed by atoms with Crippen molar-refractivity contribution in [1.82, 2.24) is 5.32 Å². The Morgan fingerprint density at radius 3 is 2.89 bits per heavy atom. The van der Waals surface area contributed by atoms with Gasteiger partial charge in [0, 0.05) is 0 Å². The molecule has 2 rings (SSSR count). The van der Waals surface area contributed by atoms with E-state index in [1.165, 1.54) is 0 Å². The molecule has 0 aromatic heterocycles. The molecule has 6 heteroatoms. The van der Waals surface area contributed by atoms with Crippen LogP contribution in [0.3, 0.4) is 0 Å². The molecule has 6 nitrogen and oxygen atoms in total. The van der Waals surface area contributed by atoms with E-state index >= 15 is 0 Å². The van der Waals surface area contributed by atoms with Crippen LogP contribution >= 0.6 is 0 Å². The van der Waals surface area contributed by atoms with Crippen LogP contribution in [0.1, 0.15) is 12.8 Å². The Hall–Kier alpha value is -2.08. The number of amides is 1. The van der Waals surface area contributed by atoms with E-state index in [1.807, 2.05) is 0 Å². The van der Waals surface area contributed by atoms with Crippen LogP contribution in [0.5, 0.6) is 5.75 Å². The summed E-state index contributed by atoms with van der Waals surface area (Å²) in [6.07, 6.45) is 1.79. The highest BCUT2D eigenvalue weighted by Crippen LogP contribution is 2.24. The van der Waals surface area contributed by atoms with Crippen LogP contribution in [0.2, 0.25) is 0 Å². The average molecular weight is 264 g/mol. The van der Waals surface area contributed by atoms with Crippen LogP contribution in [0, 0.1) is 0 Å². The van der Waals surface area contributed by atoms with Gasteiger partial charge in [0.1, 0.15) is 5.75 Å². The number of aliphatic carboxylic acids is 1. The van der Waals surface area contributed by atoms with Gasteiger partial charge in [0.05, 0.1) is 11.7 Å². The molecular weight excluding hydrogens is 248 g/mol. The summed E-state index contributed by atoms with van der Waals surface area (Å²) in [6.45, 7) is 0.407. The van der Waals surface area contributed by atoms with E-state index in [9.17, 15) is 9.59 Å². The summed E-state index contributed by atoms with van der Waals surface area (Å²) in [5.41, 5.74) is 0.488. The van der Waals surface area contributed by atoms with Crippen molar-refractivity contribution in [1.29, 1.82) is 0 Å². The van der Waals surface area contributed by atoms with Crippen LogP contribution in [-0.4, -0.2) is 36.2 Å². The van der Waals surface area contributed by atoms with Gasteiger partial charge in [-0.15, -0.1) is 0 Å². The number of carboxylic acids is 1. The Morgan fingerprint density at radius 2 is 2.21 bits per heavy atom. The summed E-state index contributed by atoms with van der Waals surface area (Å²) < 4.78 is 5.13. The Labute approximate surface area is 110 Å². The molecule has 1 fully saturated rings. The van der Waals surface area contributed by atoms with Gasteiger partial charge in [0.15, 0.2) is 6.61 Å². The average Bonchev–Trinajstić information content (AvgIpc) is 2.91. The Kier molecular flexibility index (Phi) is 4.35. The first kappa shape index (κ1) is 13.4. The molecule has 3 N–H and O–H groups in total. The highest BCUT2D eigenvalue weighted by Gasteiger charge is 2.22. The predicted molar refractivity (Wildman–Crippen MR) is 69.2 cm³/mol. The van der Waals surface area contributed by atoms with E-state index in [2.05, 4.69) is 10.6 Å².